The third-order valence-corrected chi connectivity index (χ3v) is 5.54. The van der Waals surface area contributed by atoms with Crippen LogP contribution in [0.2, 0.25) is 0 Å². The Kier molecular flexibility index (Phi) is 11.7. The lowest BCUT2D eigenvalue weighted by Gasteiger charge is -2.23. The Morgan fingerprint density at radius 3 is 2.42 bits per heavy atom. The molecule has 4 N–H and O–H groups in total. The summed E-state index contributed by atoms with van der Waals surface area (Å²) in [5.74, 6) is 0.308. The van der Waals surface area contributed by atoms with Crippen LogP contribution in [0, 0.1) is 5.41 Å². The molecule has 0 radical (unpaired) electrons. The Morgan fingerprint density at radius 2 is 1.75 bits per heavy atom. The van der Waals surface area contributed by atoms with Crippen LogP contribution < -0.4 is 16.0 Å². The van der Waals surface area contributed by atoms with Crippen molar-refractivity contribution in [3.63, 3.8) is 0 Å². The number of carbonyl (C=O) groups excluding carboxylic acids is 1. The van der Waals surface area contributed by atoms with Gasteiger partial charge in [-0.05, 0) is 41.3 Å². The van der Waals surface area contributed by atoms with Gasteiger partial charge >= 0.3 is 0 Å². The highest BCUT2D eigenvalue weighted by atomic mass is 35.5. The Bertz CT molecular complexity index is 1130. The number of nitrogens with two attached hydrogens (primary N) is 1. The zero-order valence-electron chi connectivity index (χ0n) is 20.8. The summed E-state index contributed by atoms with van der Waals surface area (Å²) in [5.41, 5.74) is 10.2. The molecule has 36 heavy (non-hydrogen) atoms. The second-order valence-electron chi connectivity index (χ2n) is 8.64. The molecule has 3 aromatic rings. The zero-order chi connectivity index (χ0) is 25.0. The summed E-state index contributed by atoms with van der Waals surface area (Å²) in [7, 11) is 0. The van der Waals surface area contributed by atoms with Crippen molar-refractivity contribution < 1.29 is 9.53 Å². The van der Waals surface area contributed by atoms with Gasteiger partial charge in [-0.15, -0.1) is 12.4 Å². The molecule has 0 aliphatic carbocycles. The van der Waals surface area contributed by atoms with E-state index in [0.717, 1.165) is 16.9 Å². The van der Waals surface area contributed by atoms with E-state index in [2.05, 4.69) is 19.2 Å². The number of rotatable bonds is 12. The highest BCUT2D eigenvalue weighted by Crippen LogP contribution is 2.19. The van der Waals surface area contributed by atoms with Crippen molar-refractivity contribution in [3.8, 4) is 0 Å². The molecule has 0 heterocycles. The van der Waals surface area contributed by atoms with Gasteiger partial charge in [0.05, 0.1) is 19.8 Å². The molecule has 0 aliphatic rings. The quantitative estimate of drug-likeness (QED) is 0.126. The van der Waals surface area contributed by atoms with Gasteiger partial charge in [-0.2, -0.15) is 0 Å². The van der Waals surface area contributed by atoms with Crippen molar-refractivity contribution in [3.05, 3.63) is 108 Å². The average molecular weight is 507 g/mol. The van der Waals surface area contributed by atoms with Crippen LogP contribution in [0.25, 0.3) is 0 Å². The summed E-state index contributed by atoms with van der Waals surface area (Å²) in [6, 6.07) is 25.3. The van der Waals surface area contributed by atoms with Crippen molar-refractivity contribution in [1.82, 2.24) is 0 Å². The molecule has 1 amide bonds. The highest BCUT2D eigenvalue weighted by Gasteiger charge is 2.12. The number of nitrogen functional groups attached to an aromatic ring is 1. The summed E-state index contributed by atoms with van der Waals surface area (Å²) in [5, 5.41) is 10.7. The fourth-order valence-corrected chi connectivity index (χ4v) is 3.55. The Hall–Kier alpha value is -3.61. The topological polar surface area (TPSA) is 91.4 Å². The van der Waals surface area contributed by atoms with Crippen LogP contribution in [-0.4, -0.2) is 31.4 Å². The lowest BCUT2D eigenvalue weighted by Crippen LogP contribution is -2.33. The fourth-order valence-electron chi connectivity index (χ4n) is 3.55. The van der Waals surface area contributed by atoms with Gasteiger partial charge < -0.3 is 20.7 Å². The largest absolute Gasteiger partial charge is 0.384 e. The van der Waals surface area contributed by atoms with E-state index in [9.17, 15) is 4.79 Å². The van der Waals surface area contributed by atoms with Gasteiger partial charge in [-0.3, -0.25) is 10.2 Å². The van der Waals surface area contributed by atoms with E-state index in [0.29, 0.717) is 31.2 Å². The summed E-state index contributed by atoms with van der Waals surface area (Å²) in [6.07, 6.45) is 3.93. The first-order valence-electron chi connectivity index (χ1n) is 11.8. The van der Waals surface area contributed by atoms with Crippen LogP contribution in [0.4, 0.5) is 11.4 Å². The van der Waals surface area contributed by atoms with Crippen molar-refractivity contribution in [2.24, 2.45) is 5.73 Å². The van der Waals surface area contributed by atoms with Crippen LogP contribution in [0.3, 0.4) is 0 Å². The maximum Gasteiger partial charge on any atom is 0.243 e. The lowest BCUT2D eigenvalue weighted by molar-refractivity contribution is -0.115. The molecule has 0 unspecified atom stereocenters. The van der Waals surface area contributed by atoms with E-state index in [1.165, 1.54) is 5.56 Å². The smallest absolute Gasteiger partial charge is 0.243 e. The summed E-state index contributed by atoms with van der Waals surface area (Å²) in [4.78, 5) is 14.8. The molecule has 0 spiro atoms. The third kappa shape index (κ3) is 9.21. The van der Waals surface area contributed by atoms with E-state index >= 15 is 0 Å². The minimum absolute atomic E-state index is 0. The molecule has 0 bridgehead atoms. The SMILES string of the molecule is CC(C)c1ccc(NC(=O)CN(CC=CCOCc2ccccc2)c2cccc(C(=N)N)c2)cc1.Cl. The van der Waals surface area contributed by atoms with Crippen molar-refractivity contribution in [2.45, 2.75) is 26.4 Å². The monoisotopic (exact) mass is 506 g/mol. The maximum absolute atomic E-state index is 12.9. The average Bonchev–Trinajstić information content (AvgIpc) is 2.86. The van der Waals surface area contributed by atoms with Crippen LogP contribution in [-0.2, 0) is 16.1 Å². The van der Waals surface area contributed by atoms with Crippen LogP contribution in [0.15, 0.2) is 91.0 Å². The van der Waals surface area contributed by atoms with E-state index < -0.39 is 0 Å². The maximum atomic E-state index is 12.9. The number of nitrogens with one attached hydrogen (secondary N) is 2. The summed E-state index contributed by atoms with van der Waals surface area (Å²) in [6.45, 7) is 5.97. The molecular weight excluding hydrogens is 472 g/mol. The van der Waals surface area contributed by atoms with Crippen molar-refractivity contribution >= 4 is 35.5 Å². The minimum Gasteiger partial charge on any atom is -0.384 e. The highest BCUT2D eigenvalue weighted by molar-refractivity contribution is 5.97. The second-order valence-corrected chi connectivity index (χ2v) is 8.64. The first kappa shape index (κ1) is 28.6. The standard InChI is InChI=1S/C29H34N4O2.ClH/c1-22(2)24-13-15-26(16-14-24)32-28(34)20-33(27-12-8-11-25(19-27)29(30)31)17-6-7-18-35-21-23-9-4-3-5-10-23;/h3-16,19,22H,17-18,20-21H2,1-2H3,(H3,30,31)(H,32,34);1H. The molecule has 0 aromatic heterocycles. The van der Waals surface area contributed by atoms with Gasteiger partial charge in [0.2, 0.25) is 5.91 Å². The molecule has 6 nitrogen and oxygen atoms in total. The van der Waals surface area contributed by atoms with E-state index in [1.54, 1.807) is 6.07 Å². The molecule has 3 rings (SSSR count). The van der Waals surface area contributed by atoms with Gasteiger partial charge in [0, 0.05) is 23.5 Å². The first-order valence-corrected chi connectivity index (χ1v) is 11.8. The number of hydrogen-bond donors (Lipinski definition) is 3. The number of nitrogens with zero attached hydrogens (tertiary/aromatic N) is 1. The molecule has 0 saturated heterocycles. The summed E-state index contributed by atoms with van der Waals surface area (Å²) < 4.78 is 5.71. The molecule has 0 saturated carbocycles. The minimum atomic E-state index is -0.121. The molecule has 0 aliphatic heterocycles. The predicted octanol–water partition coefficient (Wildman–Crippen LogP) is 5.73. The molecule has 0 atom stereocenters. The number of ether oxygens (including phenoxy) is 1. The normalized spacial score (nSPS) is 10.8. The first-order chi connectivity index (χ1) is 16.9. The fraction of sp³-hybridized carbons (Fsp3) is 0.241. The van der Waals surface area contributed by atoms with Gasteiger partial charge in [0.1, 0.15) is 5.84 Å². The molecule has 3 aromatic carbocycles. The number of halogens is 1. The number of amidine groups is 1. The molecule has 7 heteroatoms. The van der Waals surface area contributed by atoms with E-state index in [1.807, 2.05) is 89.8 Å². The van der Waals surface area contributed by atoms with Gasteiger partial charge in [-0.25, -0.2) is 0 Å². The zero-order valence-corrected chi connectivity index (χ0v) is 21.6. The molecule has 0 fully saturated rings. The van der Waals surface area contributed by atoms with Crippen molar-refractivity contribution in [2.75, 3.05) is 29.9 Å². The van der Waals surface area contributed by atoms with Gasteiger partial charge in [0.25, 0.3) is 0 Å². The predicted molar refractivity (Wildman–Crippen MR) is 151 cm³/mol. The van der Waals surface area contributed by atoms with Gasteiger partial charge in [0.15, 0.2) is 0 Å². The number of carbonyl (C=O) groups is 1. The third-order valence-electron chi connectivity index (χ3n) is 5.54. The number of amides is 1. The number of hydrogen-bond acceptors (Lipinski definition) is 4. The van der Waals surface area contributed by atoms with Crippen LogP contribution in [0.1, 0.15) is 36.5 Å². The van der Waals surface area contributed by atoms with Crippen molar-refractivity contribution in [1.29, 1.82) is 5.41 Å². The van der Waals surface area contributed by atoms with E-state index in [4.69, 9.17) is 15.9 Å². The van der Waals surface area contributed by atoms with E-state index in [-0.39, 0.29) is 30.7 Å². The lowest BCUT2D eigenvalue weighted by atomic mass is 10.0. The Morgan fingerprint density at radius 1 is 1.03 bits per heavy atom. The number of benzene rings is 3. The molecular formula is C29H35ClN4O2. The molecule has 190 valence electrons. The van der Waals surface area contributed by atoms with Crippen LogP contribution >= 0.6 is 12.4 Å². The second kappa shape index (κ2) is 14.7. The summed E-state index contributed by atoms with van der Waals surface area (Å²) >= 11 is 0. The Labute approximate surface area is 220 Å². The van der Waals surface area contributed by atoms with Gasteiger partial charge in [-0.1, -0.05) is 80.6 Å². The Balaban J connectivity index is 0.00000456. The van der Waals surface area contributed by atoms with Crippen LogP contribution in [0.5, 0.6) is 0 Å². The number of anilines is 2.